The fraction of sp³-hybridized carbons (Fsp3) is 0.300. The van der Waals surface area contributed by atoms with Gasteiger partial charge in [-0.25, -0.2) is 8.42 Å². The molecule has 1 aliphatic rings. The molecule has 1 aromatic carbocycles. The van der Waals surface area contributed by atoms with Gasteiger partial charge in [0.1, 0.15) is 5.84 Å². The third-order valence-corrected chi connectivity index (χ3v) is 3.65. The molecule has 0 saturated heterocycles. The average Bonchev–Trinajstić information content (AvgIpc) is 2.70. The first-order chi connectivity index (χ1) is 7.58. The predicted molar refractivity (Wildman–Crippen MR) is 61.8 cm³/mol. The van der Waals surface area contributed by atoms with Crippen molar-refractivity contribution in [3.05, 3.63) is 29.8 Å². The van der Waals surface area contributed by atoms with Crippen LogP contribution in [0.15, 0.2) is 34.2 Å². The van der Waals surface area contributed by atoms with Crippen LogP contribution in [0.1, 0.15) is 5.56 Å². The Hall–Kier alpha value is -1.40. The molecule has 0 fully saturated rings. The zero-order chi connectivity index (χ0) is 11.6. The van der Waals surface area contributed by atoms with Crippen LogP contribution in [-0.2, 0) is 10.0 Å². The number of benzene rings is 1. The number of nitrogens with zero attached hydrogens (tertiary/aromatic N) is 1. The summed E-state index contributed by atoms with van der Waals surface area (Å²) in [7, 11) is -3.48. The Morgan fingerprint density at radius 3 is 2.56 bits per heavy atom. The predicted octanol–water partition coefficient (Wildman–Crippen LogP) is 0.233. The smallest absolute Gasteiger partial charge is 0.262 e. The van der Waals surface area contributed by atoms with Gasteiger partial charge in [-0.05, 0) is 19.1 Å². The molecule has 0 saturated carbocycles. The van der Waals surface area contributed by atoms with Gasteiger partial charge in [-0.2, -0.15) is 0 Å². The van der Waals surface area contributed by atoms with Crippen LogP contribution in [0.4, 0.5) is 0 Å². The van der Waals surface area contributed by atoms with Crippen molar-refractivity contribution in [2.24, 2.45) is 4.99 Å². The standard InChI is InChI=1S/C10H13N3O2S/c1-8-2-4-9(5-3-8)16(14,15)13-10-6-11-7-12-10/h2-5,11H,6-7H2,1H3,(H,12,13). The molecule has 1 aromatic rings. The van der Waals surface area contributed by atoms with E-state index in [1.807, 2.05) is 6.92 Å². The third kappa shape index (κ3) is 2.40. The second-order valence-corrected chi connectivity index (χ2v) is 5.29. The number of aliphatic imine (C=N–C) groups is 1. The molecule has 0 aliphatic carbocycles. The molecule has 0 aromatic heterocycles. The monoisotopic (exact) mass is 239 g/mol. The number of sulfonamides is 1. The Labute approximate surface area is 94.6 Å². The molecule has 0 spiro atoms. The van der Waals surface area contributed by atoms with Crippen LogP contribution < -0.4 is 10.0 Å². The highest BCUT2D eigenvalue weighted by Crippen LogP contribution is 2.09. The highest BCUT2D eigenvalue weighted by molar-refractivity contribution is 7.90. The van der Waals surface area contributed by atoms with Crippen LogP contribution in [-0.4, -0.2) is 27.5 Å². The Balaban J connectivity index is 2.21. The van der Waals surface area contributed by atoms with Crippen molar-refractivity contribution >= 4 is 15.9 Å². The quantitative estimate of drug-likeness (QED) is 0.776. The van der Waals surface area contributed by atoms with Gasteiger partial charge in [-0.3, -0.25) is 15.0 Å². The van der Waals surface area contributed by atoms with Crippen molar-refractivity contribution in [2.75, 3.05) is 13.2 Å². The summed E-state index contributed by atoms with van der Waals surface area (Å²) in [5.74, 6) is 0.459. The van der Waals surface area contributed by atoms with Crippen molar-refractivity contribution in [3.63, 3.8) is 0 Å². The molecule has 0 radical (unpaired) electrons. The minimum absolute atomic E-state index is 0.257. The summed E-state index contributed by atoms with van der Waals surface area (Å²) in [5.41, 5.74) is 1.03. The molecular formula is C10H13N3O2S. The van der Waals surface area contributed by atoms with Gasteiger partial charge in [0.25, 0.3) is 10.0 Å². The molecule has 0 amide bonds. The van der Waals surface area contributed by atoms with Crippen LogP contribution in [0.2, 0.25) is 0 Å². The van der Waals surface area contributed by atoms with Crippen LogP contribution >= 0.6 is 0 Å². The van der Waals surface area contributed by atoms with Gasteiger partial charge in [0, 0.05) is 0 Å². The lowest BCUT2D eigenvalue weighted by atomic mass is 10.2. The third-order valence-electron chi connectivity index (χ3n) is 2.26. The molecule has 0 bridgehead atoms. The summed E-state index contributed by atoms with van der Waals surface area (Å²) in [5, 5.41) is 2.92. The van der Waals surface area contributed by atoms with E-state index in [-0.39, 0.29) is 4.90 Å². The molecule has 1 heterocycles. The molecule has 0 unspecified atom stereocenters. The second kappa shape index (κ2) is 4.23. The molecule has 0 atom stereocenters. The van der Waals surface area contributed by atoms with Crippen LogP contribution in [0.3, 0.4) is 0 Å². The molecular weight excluding hydrogens is 226 g/mol. The maximum atomic E-state index is 11.9. The first kappa shape index (κ1) is 11.1. The van der Waals surface area contributed by atoms with E-state index in [9.17, 15) is 8.42 Å². The van der Waals surface area contributed by atoms with E-state index >= 15 is 0 Å². The van der Waals surface area contributed by atoms with Crippen molar-refractivity contribution in [2.45, 2.75) is 11.8 Å². The van der Waals surface area contributed by atoms with Gasteiger partial charge in [-0.1, -0.05) is 17.7 Å². The largest absolute Gasteiger partial charge is 0.291 e. The maximum absolute atomic E-state index is 11.9. The Morgan fingerprint density at radius 1 is 1.31 bits per heavy atom. The molecule has 2 N–H and O–H groups in total. The van der Waals surface area contributed by atoms with Crippen molar-refractivity contribution < 1.29 is 8.42 Å². The Kier molecular flexibility index (Phi) is 2.93. The number of rotatable bonds is 2. The van der Waals surface area contributed by atoms with Crippen molar-refractivity contribution in [1.29, 1.82) is 0 Å². The van der Waals surface area contributed by atoms with E-state index in [0.717, 1.165) is 5.56 Å². The normalized spacial score (nSPS) is 15.9. The summed E-state index contributed by atoms with van der Waals surface area (Å²) in [4.78, 5) is 4.24. The highest BCUT2D eigenvalue weighted by Gasteiger charge is 2.17. The summed E-state index contributed by atoms with van der Waals surface area (Å²) in [6, 6.07) is 6.70. The SMILES string of the molecule is Cc1ccc(S(=O)(=O)NC2=NCNC2)cc1. The minimum Gasteiger partial charge on any atom is -0.291 e. The van der Waals surface area contributed by atoms with Crippen LogP contribution in [0, 0.1) is 6.92 Å². The average molecular weight is 239 g/mol. The van der Waals surface area contributed by atoms with Gasteiger partial charge >= 0.3 is 0 Å². The van der Waals surface area contributed by atoms with Crippen LogP contribution in [0.25, 0.3) is 0 Å². The van der Waals surface area contributed by atoms with Crippen LogP contribution in [0.5, 0.6) is 0 Å². The molecule has 16 heavy (non-hydrogen) atoms. The first-order valence-electron chi connectivity index (χ1n) is 4.91. The van der Waals surface area contributed by atoms with E-state index in [4.69, 9.17) is 0 Å². The van der Waals surface area contributed by atoms with Crippen molar-refractivity contribution in [1.82, 2.24) is 10.0 Å². The highest BCUT2D eigenvalue weighted by atomic mass is 32.2. The summed E-state index contributed by atoms with van der Waals surface area (Å²) >= 11 is 0. The molecule has 86 valence electrons. The van der Waals surface area contributed by atoms with Gasteiger partial charge < -0.3 is 0 Å². The van der Waals surface area contributed by atoms with E-state index < -0.39 is 10.0 Å². The summed E-state index contributed by atoms with van der Waals surface area (Å²) in [6.45, 7) is 2.84. The van der Waals surface area contributed by atoms with Gasteiger partial charge in [-0.15, -0.1) is 0 Å². The topological polar surface area (TPSA) is 70.6 Å². The zero-order valence-corrected chi connectivity index (χ0v) is 9.71. The summed E-state index contributed by atoms with van der Waals surface area (Å²) in [6.07, 6.45) is 0. The first-order valence-corrected chi connectivity index (χ1v) is 6.40. The van der Waals surface area contributed by atoms with Crippen molar-refractivity contribution in [3.8, 4) is 0 Å². The second-order valence-electron chi connectivity index (χ2n) is 3.61. The Morgan fingerprint density at radius 2 is 2.00 bits per heavy atom. The molecule has 1 aliphatic heterocycles. The lowest BCUT2D eigenvalue weighted by molar-refractivity contribution is 0.592. The maximum Gasteiger partial charge on any atom is 0.262 e. The van der Waals surface area contributed by atoms with Gasteiger partial charge in [0.05, 0.1) is 18.1 Å². The number of aryl methyl sites for hydroxylation is 1. The van der Waals surface area contributed by atoms with E-state index in [2.05, 4.69) is 15.0 Å². The van der Waals surface area contributed by atoms with E-state index in [1.165, 1.54) is 0 Å². The molecule has 6 heteroatoms. The summed E-state index contributed by atoms with van der Waals surface area (Å²) < 4.78 is 26.2. The number of hydrogen-bond acceptors (Lipinski definition) is 4. The van der Waals surface area contributed by atoms with E-state index in [0.29, 0.717) is 19.0 Å². The molecule has 2 rings (SSSR count). The Bertz CT molecular complexity index is 505. The zero-order valence-electron chi connectivity index (χ0n) is 8.90. The lowest BCUT2D eigenvalue weighted by Gasteiger charge is -2.07. The fourth-order valence-electron chi connectivity index (χ4n) is 1.38. The van der Waals surface area contributed by atoms with E-state index in [1.54, 1.807) is 24.3 Å². The van der Waals surface area contributed by atoms with Gasteiger partial charge in [0.2, 0.25) is 0 Å². The number of nitrogens with one attached hydrogen (secondary N) is 2. The number of hydrogen-bond donors (Lipinski definition) is 2. The fourth-order valence-corrected chi connectivity index (χ4v) is 2.44. The lowest BCUT2D eigenvalue weighted by Crippen LogP contribution is -2.33. The number of amidine groups is 1. The van der Waals surface area contributed by atoms with Gasteiger partial charge in [0.15, 0.2) is 0 Å². The molecule has 5 nitrogen and oxygen atoms in total. The minimum atomic E-state index is -3.48.